The van der Waals surface area contributed by atoms with Gasteiger partial charge in [-0.25, -0.2) is 4.79 Å². The first-order valence-electron chi connectivity index (χ1n) is 8.17. The summed E-state index contributed by atoms with van der Waals surface area (Å²) in [4.78, 5) is 19.4. The van der Waals surface area contributed by atoms with Gasteiger partial charge in [0.05, 0.1) is 5.69 Å². The summed E-state index contributed by atoms with van der Waals surface area (Å²) in [6, 6.07) is 12.6. The Hall–Kier alpha value is -2.28. The molecule has 0 aliphatic rings. The van der Waals surface area contributed by atoms with Crippen LogP contribution >= 0.6 is 11.8 Å². The zero-order valence-electron chi connectivity index (χ0n) is 15.2. The summed E-state index contributed by atoms with van der Waals surface area (Å²) in [5.74, 6) is -1.44. The average molecular weight is 516 g/mol. The van der Waals surface area contributed by atoms with E-state index in [0.717, 1.165) is 27.8 Å². The summed E-state index contributed by atoms with van der Waals surface area (Å²) in [6.07, 6.45) is -3.54. The average Bonchev–Trinajstić information content (AvgIpc) is 3.12. The summed E-state index contributed by atoms with van der Waals surface area (Å²) in [5.41, 5.74) is 1.40. The quantitative estimate of drug-likeness (QED) is 0.454. The first kappa shape index (κ1) is 24.8. The maximum absolute atomic E-state index is 12.2. The first-order chi connectivity index (χ1) is 13.3. The van der Waals surface area contributed by atoms with Gasteiger partial charge in [0.2, 0.25) is 0 Å². The fraction of sp³-hybridized carbons (Fsp3) is 0.158. The second-order valence-corrected chi connectivity index (χ2v) is 6.09. The molecular formula is C19H16F3N2O3PdS-. The van der Waals surface area contributed by atoms with Gasteiger partial charge in [-0.1, -0.05) is 56.2 Å². The van der Waals surface area contributed by atoms with Gasteiger partial charge >= 0.3 is 12.3 Å². The molecule has 29 heavy (non-hydrogen) atoms. The zero-order valence-corrected chi connectivity index (χ0v) is 17.6. The van der Waals surface area contributed by atoms with E-state index in [1.807, 2.05) is 13.8 Å². The third kappa shape index (κ3) is 7.24. The molecule has 0 aliphatic heterocycles. The van der Waals surface area contributed by atoms with E-state index in [9.17, 15) is 18.0 Å². The number of nitrogens with zero attached hydrogens (tertiary/aromatic N) is 2. The molecule has 0 atom stereocenters. The van der Waals surface area contributed by atoms with Crippen LogP contribution < -0.4 is 9.72 Å². The van der Waals surface area contributed by atoms with Crippen molar-refractivity contribution >= 4 is 17.7 Å². The molecule has 2 aromatic carbocycles. The Morgan fingerprint density at radius 2 is 1.55 bits per heavy atom. The topological polar surface area (TPSA) is 73.5 Å². The van der Waals surface area contributed by atoms with Gasteiger partial charge in [0, 0.05) is 30.3 Å². The van der Waals surface area contributed by atoms with Gasteiger partial charge in [-0.2, -0.15) is 0 Å². The molecule has 1 heterocycles. The van der Waals surface area contributed by atoms with Crippen molar-refractivity contribution in [1.29, 1.82) is 0 Å². The molecule has 10 heteroatoms. The number of rotatable bonds is 5. The molecule has 0 fully saturated rings. The Balaban J connectivity index is 0.00000136. The number of ether oxygens (including phenoxy) is 1. The summed E-state index contributed by atoms with van der Waals surface area (Å²) in [5, 5.41) is 9.31. The monoisotopic (exact) mass is 515 g/mol. The van der Waals surface area contributed by atoms with Crippen LogP contribution in [0.15, 0.2) is 64.8 Å². The zero-order chi connectivity index (χ0) is 20.7. The summed E-state index contributed by atoms with van der Waals surface area (Å²) in [6.45, 7) is 4.00. The smallest absolute Gasteiger partial charge is 0.478 e. The Morgan fingerprint density at radius 3 is 2.03 bits per heavy atom. The maximum Gasteiger partial charge on any atom is 0.573 e. The van der Waals surface area contributed by atoms with Gasteiger partial charge in [-0.3, -0.25) is 0 Å². The molecule has 3 aromatic rings. The van der Waals surface area contributed by atoms with Crippen molar-refractivity contribution in [2.75, 3.05) is 0 Å². The molecule has 0 bridgehead atoms. The molecule has 0 saturated heterocycles. The van der Waals surface area contributed by atoms with E-state index in [2.05, 4.69) is 14.7 Å². The second kappa shape index (κ2) is 11.0. The molecule has 158 valence electrons. The van der Waals surface area contributed by atoms with Crippen molar-refractivity contribution in [3.05, 3.63) is 60.6 Å². The summed E-state index contributed by atoms with van der Waals surface area (Å²) < 4.78 is 40.4. The number of carbonyl (C=O) groups is 1. The van der Waals surface area contributed by atoms with E-state index in [0.29, 0.717) is 5.03 Å². The van der Waals surface area contributed by atoms with Gasteiger partial charge in [0.15, 0.2) is 0 Å². The molecule has 3 rings (SSSR count). The van der Waals surface area contributed by atoms with E-state index in [1.165, 1.54) is 30.6 Å². The normalized spacial score (nSPS) is 10.4. The molecule has 0 spiro atoms. The van der Waals surface area contributed by atoms with Crippen LogP contribution in [0, 0.1) is 0 Å². The van der Waals surface area contributed by atoms with Crippen LogP contribution in [0.1, 0.15) is 24.3 Å². The SMILES string of the molecule is CC.O=C(O)c1[n-]cnc1Sc1ccc(-c2ccc(OC(F)(F)F)cc2)cc1.[Pd]. The van der Waals surface area contributed by atoms with Crippen LogP contribution in [0.5, 0.6) is 5.75 Å². The fourth-order valence-corrected chi connectivity index (χ4v) is 2.98. The molecule has 0 unspecified atom stereocenters. The van der Waals surface area contributed by atoms with Gasteiger partial charge in [0.25, 0.3) is 0 Å². The fourth-order valence-electron chi connectivity index (χ4n) is 2.15. The second-order valence-electron chi connectivity index (χ2n) is 5.03. The summed E-state index contributed by atoms with van der Waals surface area (Å²) in [7, 11) is 0. The van der Waals surface area contributed by atoms with Gasteiger partial charge in [-0.05, 0) is 35.4 Å². The molecule has 0 radical (unpaired) electrons. The maximum atomic E-state index is 12.2. The number of benzene rings is 2. The van der Waals surface area contributed by atoms with Crippen molar-refractivity contribution < 1.29 is 48.2 Å². The number of aromatic carboxylic acids is 1. The van der Waals surface area contributed by atoms with E-state index in [-0.39, 0.29) is 31.9 Å². The standard InChI is InChI=1S/C17H11F3N2O3S.C2H6.Pd/c18-17(19,20)25-12-5-1-10(2-6-12)11-3-7-13(8-4-11)26-15-14(16(23)24)21-9-22-15;1-2;/h1-9H,(H2,21,22,23,24);1-2H3;/p-1. The van der Waals surface area contributed by atoms with Crippen LogP contribution in [-0.2, 0) is 20.4 Å². The van der Waals surface area contributed by atoms with Gasteiger partial charge < -0.3 is 19.8 Å². The molecule has 5 nitrogen and oxygen atoms in total. The Labute approximate surface area is 183 Å². The third-order valence-corrected chi connectivity index (χ3v) is 4.26. The minimum Gasteiger partial charge on any atom is -0.478 e. The minimum atomic E-state index is -4.72. The number of carboxylic acid groups (broad SMARTS) is 1. The van der Waals surface area contributed by atoms with Crippen LogP contribution in [0.25, 0.3) is 11.1 Å². The number of aromatic nitrogens is 2. The largest absolute Gasteiger partial charge is 0.573 e. The third-order valence-electron chi connectivity index (χ3n) is 3.26. The van der Waals surface area contributed by atoms with E-state index in [4.69, 9.17) is 5.11 Å². The molecule has 0 amide bonds. The van der Waals surface area contributed by atoms with Crippen LogP contribution in [0.4, 0.5) is 13.2 Å². The molecule has 1 aromatic heterocycles. The van der Waals surface area contributed by atoms with Crippen LogP contribution in [0.3, 0.4) is 0 Å². The summed E-state index contributed by atoms with van der Waals surface area (Å²) >= 11 is 1.16. The molecule has 1 N–H and O–H groups in total. The number of hydrogen-bond acceptors (Lipinski definition) is 4. The van der Waals surface area contributed by atoms with Gasteiger partial charge in [-0.15, -0.1) is 13.2 Å². The van der Waals surface area contributed by atoms with Crippen molar-refractivity contribution in [3.63, 3.8) is 0 Å². The van der Waals surface area contributed by atoms with Crippen LogP contribution in [-0.4, -0.2) is 22.4 Å². The molecular weight excluding hydrogens is 500 g/mol. The van der Waals surface area contributed by atoms with Crippen molar-refractivity contribution in [2.45, 2.75) is 30.1 Å². The van der Waals surface area contributed by atoms with Crippen molar-refractivity contribution in [2.24, 2.45) is 0 Å². The van der Waals surface area contributed by atoms with E-state index >= 15 is 0 Å². The van der Waals surface area contributed by atoms with E-state index < -0.39 is 12.3 Å². The Kier molecular flexibility index (Phi) is 9.43. The Bertz CT molecular complexity index is 914. The molecule has 0 aliphatic carbocycles. The predicted octanol–water partition coefficient (Wildman–Crippen LogP) is 5.48. The van der Waals surface area contributed by atoms with Crippen molar-refractivity contribution in [3.8, 4) is 16.9 Å². The number of carboxylic acids is 1. The number of imidazole rings is 1. The minimum absolute atomic E-state index is 0. The predicted molar refractivity (Wildman–Crippen MR) is 98.5 cm³/mol. The number of alkyl halides is 3. The number of hydrogen-bond donors (Lipinski definition) is 1. The van der Waals surface area contributed by atoms with E-state index in [1.54, 1.807) is 24.3 Å². The molecule has 0 saturated carbocycles. The Morgan fingerprint density at radius 1 is 1.03 bits per heavy atom. The van der Waals surface area contributed by atoms with Crippen molar-refractivity contribution in [1.82, 2.24) is 9.97 Å². The van der Waals surface area contributed by atoms with Crippen LogP contribution in [0.2, 0.25) is 0 Å². The number of halogens is 3. The first-order valence-corrected chi connectivity index (χ1v) is 8.98. The van der Waals surface area contributed by atoms with Gasteiger partial charge in [0.1, 0.15) is 5.75 Å².